The zero-order valence-electron chi connectivity index (χ0n) is 7.45. The van der Waals surface area contributed by atoms with E-state index in [0.29, 0.717) is 5.69 Å². The maximum Gasteiger partial charge on any atom is 0.147 e. The second kappa shape index (κ2) is 3.33. The van der Waals surface area contributed by atoms with Crippen molar-refractivity contribution in [1.29, 1.82) is 0 Å². The summed E-state index contributed by atoms with van der Waals surface area (Å²) in [5, 5.41) is 14.8. The van der Waals surface area contributed by atoms with Gasteiger partial charge in [-0.3, -0.25) is 4.57 Å². The van der Waals surface area contributed by atoms with Gasteiger partial charge >= 0.3 is 0 Å². The minimum atomic E-state index is 0.575. The van der Waals surface area contributed by atoms with E-state index in [9.17, 15) is 0 Å². The Balaban J connectivity index is 2.44. The van der Waals surface area contributed by atoms with E-state index in [1.165, 1.54) is 12.5 Å². The number of hydrogen-bond donors (Lipinski definition) is 1. The first-order chi connectivity index (χ1) is 6.81. The molecule has 0 spiro atoms. The first-order valence-corrected chi connectivity index (χ1v) is 3.94. The fourth-order valence-corrected chi connectivity index (χ4v) is 1.20. The second-order valence-electron chi connectivity index (χ2n) is 2.71. The molecule has 0 amide bonds. The molecular weight excluding hydrogens is 184 g/mol. The lowest BCUT2D eigenvalue weighted by molar-refractivity contribution is 0.321. The molecule has 0 fully saturated rings. The molecule has 72 valence electrons. The highest BCUT2D eigenvalue weighted by Crippen LogP contribution is 2.10. The van der Waals surface area contributed by atoms with E-state index in [1.54, 1.807) is 17.0 Å². The molecule has 0 saturated heterocycles. The number of oxime groups is 1. The van der Waals surface area contributed by atoms with Crippen molar-refractivity contribution in [2.45, 2.75) is 6.92 Å². The fourth-order valence-electron chi connectivity index (χ4n) is 1.20. The van der Waals surface area contributed by atoms with Crippen LogP contribution in [0.5, 0.6) is 0 Å². The molecule has 6 nitrogen and oxygen atoms in total. The Hall–Kier alpha value is -2.11. The minimum Gasteiger partial charge on any atom is -0.411 e. The van der Waals surface area contributed by atoms with Crippen molar-refractivity contribution in [2.24, 2.45) is 5.16 Å². The summed E-state index contributed by atoms with van der Waals surface area (Å²) in [7, 11) is 0. The molecule has 2 aromatic rings. The van der Waals surface area contributed by atoms with Gasteiger partial charge in [0.2, 0.25) is 0 Å². The maximum atomic E-state index is 8.34. The summed E-state index contributed by atoms with van der Waals surface area (Å²) < 4.78 is 6.50. The number of rotatable bonds is 2. The molecule has 0 atom stereocenters. The Kier molecular flexibility index (Phi) is 2.02. The third-order valence-electron chi connectivity index (χ3n) is 1.79. The maximum absolute atomic E-state index is 8.34. The molecule has 2 rings (SSSR count). The Labute approximate surface area is 79.5 Å². The zero-order chi connectivity index (χ0) is 9.97. The molecule has 0 unspecified atom stereocenters. The molecule has 0 radical (unpaired) electrons. The van der Waals surface area contributed by atoms with E-state index in [-0.39, 0.29) is 0 Å². The summed E-state index contributed by atoms with van der Waals surface area (Å²) in [5.74, 6) is 0.767. The normalized spacial score (nSPS) is 11.2. The van der Waals surface area contributed by atoms with E-state index in [2.05, 4.69) is 15.3 Å². The Bertz CT molecular complexity index is 444. The first-order valence-electron chi connectivity index (χ1n) is 3.94. The van der Waals surface area contributed by atoms with Crippen LogP contribution in [-0.4, -0.2) is 26.1 Å². The van der Waals surface area contributed by atoms with Gasteiger partial charge in [0.1, 0.15) is 23.5 Å². The standard InChI is InChI=1S/C8H8N4O2/c1-6-11-7(2-9-13)4-12(6)8-3-10-14-5-8/h2-5,13H,1H3/b9-2+. The number of imidazole rings is 1. The van der Waals surface area contributed by atoms with Gasteiger partial charge in [0.25, 0.3) is 0 Å². The number of aromatic nitrogens is 3. The Morgan fingerprint density at radius 1 is 1.64 bits per heavy atom. The Morgan fingerprint density at radius 3 is 3.14 bits per heavy atom. The predicted octanol–water partition coefficient (Wildman–Crippen LogP) is 0.977. The molecule has 1 N–H and O–H groups in total. The third kappa shape index (κ3) is 1.37. The fraction of sp³-hybridized carbons (Fsp3) is 0.125. The van der Waals surface area contributed by atoms with Crippen molar-refractivity contribution in [3.63, 3.8) is 0 Å². The van der Waals surface area contributed by atoms with Gasteiger partial charge in [0.05, 0.1) is 12.4 Å². The van der Waals surface area contributed by atoms with Crippen LogP contribution in [0.25, 0.3) is 5.69 Å². The highest BCUT2D eigenvalue weighted by atomic mass is 16.5. The SMILES string of the molecule is Cc1nc(/C=N/O)cn1-c1cnoc1. The molecule has 0 aromatic carbocycles. The molecule has 0 aliphatic carbocycles. The van der Waals surface area contributed by atoms with E-state index in [4.69, 9.17) is 9.73 Å². The average molecular weight is 192 g/mol. The molecule has 2 aromatic heterocycles. The zero-order valence-corrected chi connectivity index (χ0v) is 7.45. The molecule has 0 saturated carbocycles. The highest BCUT2D eigenvalue weighted by Gasteiger charge is 2.05. The van der Waals surface area contributed by atoms with Crippen LogP contribution < -0.4 is 0 Å². The van der Waals surface area contributed by atoms with Crippen molar-refractivity contribution in [3.05, 3.63) is 30.2 Å². The molecule has 0 bridgehead atoms. The van der Waals surface area contributed by atoms with Crippen LogP contribution in [0.15, 0.2) is 28.3 Å². The van der Waals surface area contributed by atoms with Crippen LogP contribution in [0.1, 0.15) is 11.5 Å². The van der Waals surface area contributed by atoms with Crippen molar-refractivity contribution in [2.75, 3.05) is 0 Å². The van der Waals surface area contributed by atoms with Gasteiger partial charge in [-0.2, -0.15) is 0 Å². The largest absolute Gasteiger partial charge is 0.411 e. The summed E-state index contributed by atoms with van der Waals surface area (Å²) in [6, 6.07) is 0. The van der Waals surface area contributed by atoms with Crippen LogP contribution in [0.4, 0.5) is 0 Å². The van der Waals surface area contributed by atoms with E-state index >= 15 is 0 Å². The van der Waals surface area contributed by atoms with Crippen molar-refractivity contribution in [3.8, 4) is 5.69 Å². The summed E-state index contributed by atoms with van der Waals surface area (Å²) >= 11 is 0. The first kappa shape index (κ1) is 8.49. The molecule has 14 heavy (non-hydrogen) atoms. The predicted molar refractivity (Wildman–Crippen MR) is 47.7 cm³/mol. The summed E-state index contributed by atoms with van der Waals surface area (Å²) in [5.41, 5.74) is 1.36. The topological polar surface area (TPSA) is 76.4 Å². The van der Waals surface area contributed by atoms with E-state index in [1.807, 2.05) is 6.92 Å². The summed E-state index contributed by atoms with van der Waals surface area (Å²) in [4.78, 5) is 4.14. The van der Waals surface area contributed by atoms with Gasteiger partial charge in [-0.1, -0.05) is 10.3 Å². The van der Waals surface area contributed by atoms with Crippen molar-refractivity contribution >= 4 is 6.21 Å². The van der Waals surface area contributed by atoms with Crippen LogP contribution in [0.2, 0.25) is 0 Å². The number of aryl methyl sites for hydroxylation is 1. The lowest BCUT2D eigenvalue weighted by Crippen LogP contribution is -1.92. The smallest absolute Gasteiger partial charge is 0.147 e. The van der Waals surface area contributed by atoms with Crippen LogP contribution in [0.3, 0.4) is 0 Å². The number of nitrogens with zero attached hydrogens (tertiary/aromatic N) is 4. The highest BCUT2D eigenvalue weighted by molar-refractivity contribution is 5.76. The van der Waals surface area contributed by atoms with Crippen LogP contribution >= 0.6 is 0 Å². The van der Waals surface area contributed by atoms with Gasteiger partial charge in [-0.05, 0) is 6.92 Å². The van der Waals surface area contributed by atoms with Crippen molar-refractivity contribution in [1.82, 2.24) is 14.7 Å². The summed E-state index contributed by atoms with van der Waals surface area (Å²) in [6.07, 6.45) is 6.07. The number of hydrogen-bond acceptors (Lipinski definition) is 5. The van der Waals surface area contributed by atoms with Crippen molar-refractivity contribution < 1.29 is 9.73 Å². The van der Waals surface area contributed by atoms with Gasteiger partial charge in [-0.15, -0.1) is 0 Å². The van der Waals surface area contributed by atoms with Gasteiger partial charge in [0.15, 0.2) is 0 Å². The third-order valence-corrected chi connectivity index (χ3v) is 1.79. The van der Waals surface area contributed by atoms with E-state index < -0.39 is 0 Å². The van der Waals surface area contributed by atoms with Gasteiger partial charge in [0, 0.05) is 6.20 Å². The molecule has 0 aliphatic heterocycles. The van der Waals surface area contributed by atoms with E-state index in [0.717, 1.165) is 11.5 Å². The average Bonchev–Trinajstić information content (AvgIpc) is 2.74. The Morgan fingerprint density at radius 2 is 2.50 bits per heavy atom. The lowest BCUT2D eigenvalue weighted by Gasteiger charge is -1.96. The molecule has 0 aliphatic rings. The van der Waals surface area contributed by atoms with Gasteiger partial charge < -0.3 is 9.73 Å². The molecular formula is C8H8N4O2. The quantitative estimate of drug-likeness (QED) is 0.437. The monoisotopic (exact) mass is 192 g/mol. The van der Waals surface area contributed by atoms with Crippen LogP contribution in [0, 0.1) is 6.92 Å². The van der Waals surface area contributed by atoms with Gasteiger partial charge in [-0.25, -0.2) is 4.98 Å². The molecule has 6 heteroatoms. The minimum absolute atomic E-state index is 0.575. The van der Waals surface area contributed by atoms with Crippen LogP contribution in [-0.2, 0) is 0 Å². The summed E-state index contributed by atoms with van der Waals surface area (Å²) in [6.45, 7) is 1.84. The molecule has 2 heterocycles. The second-order valence-corrected chi connectivity index (χ2v) is 2.71. The lowest BCUT2D eigenvalue weighted by atomic mass is 10.5.